The Labute approximate surface area is 255 Å². The highest BCUT2D eigenvalue weighted by Crippen LogP contribution is 2.43. The van der Waals surface area contributed by atoms with Crippen LogP contribution in [-0.2, 0) is 28.0 Å². The Hall–Kier alpha value is -0.230. The molecule has 0 fully saturated rings. The molecule has 0 heterocycles. The van der Waals surface area contributed by atoms with Crippen LogP contribution < -0.4 is 0 Å². The van der Waals surface area contributed by atoms with Crippen LogP contribution in [0.3, 0.4) is 0 Å². The van der Waals surface area contributed by atoms with Gasteiger partial charge in [0.15, 0.2) is 16.3 Å². The number of carbonyl (C=O) groups excluding carboxylic acids is 3. The van der Waals surface area contributed by atoms with Crippen molar-refractivity contribution in [1.82, 2.24) is 0 Å². The van der Waals surface area contributed by atoms with Crippen molar-refractivity contribution in [3.8, 4) is 0 Å². The molecule has 0 aromatic rings. The number of unbranched alkanes of at least 4 members (excludes halogenated alkanes) is 12. The standard InChI is InChI=1S/C27H51O9PS3/c1-4-7-10-13-16-19-38-25(31)22(28)34-37(35-23(29)26(32)39-20-17-14-11-8-5-2)36-24(30)27(33)40-21-18-15-12-9-6-3/h25-27,31-33H,4-21H2,1-3H3. The Kier molecular flexibility index (Phi) is 27.4. The maximum absolute atomic E-state index is 12.4. The van der Waals surface area contributed by atoms with E-state index in [1.165, 1.54) is 0 Å². The fourth-order valence-corrected chi connectivity index (χ4v) is 6.72. The van der Waals surface area contributed by atoms with Gasteiger partial charge in [-0.15, -0.1) is 35.3 Å². The van der Waals surface area contributed by atoms with Crippen molar-refractivity contribution in [2.75, 3.05) is 17.3 Å². The quantitative estimate of drug-likeness (QED) is 0.0485. The minimum absolute atomic E-state index is 0.526. The highest BCUT2D eigenvalue weighted by atomic mass is 32.2. The summed E-state index contributed by atoms with van der Waals surface area (Å²) in [7, 11) is -2.92. The van der Waals surface area contributed by atoms with Crippen molar-refractivity contribution < 1.29 is 43.3 Å². The average molecular weight is 647 g/mol. The first kappa shape index (κ1) is 39.8. The first-order valence-electron chi connectivity index (χ1n) is 14.6. The number of rotatable bonds is 27. The summed E-state index contributed by atoms with van der Waals surface area (Å²) in [5.41, 5.74) is -4.67. The molecule has 0 rings (SSSR count). The Morgan fingerprint density at radius 1 is 0.500 bits per heavy atom. The first-order valence-corrected chi connectivity index (χ1v) is 18.8. The Bertz CT molecular complexity index is 575. The van der Waals surface area contributed by atoms with Crippen LogP contribution in [0.1, 0.15) is 117 Å². The predicted octanol–water partition coefficient (Wildman–Crippen LogP) is 6.91. The Balaban J connectivity index is 4.88. The number of carbonyl (C=O) groups is 3. The van der Waals surface area contributed by atoms with E-state index in [9.17, 15) is 29.7 Å². The molecule has 0 aliphatic carbocycles. The highest BCUT2D eigenvalue weighted by molar-refractivity contribution is 8.00. The zero-order valence-corrected chi connectivity index (χ0v) is 27.8. The predicted molar refractivity (Wildman–Crippen MR) is 167 cm³/mol. The lowest BCUT2D eigenvalue weighted by molar-refractivity contribution is -0.148. The molecule has 3 N–H and O–H groups in total. The molecule has 40 heavy (non-hydrogen) atoms. The van der Waals surface area contributed by atoms with Gasteiger partial charge in [0.1, 0.15) is 0 Å². The third-order valence-corrected chi connectivity index (χ3v) is 9.75. The van der Waals surface area contributed by atoms with E-state index in [1.54, 1.807) is 0 Å². The third-order valence-electron chi connectivity index (χ3n) is 5.67. The van der Waals surface area contributed by atoms with Crippen LogP contribution in [0.15, 0.2) is 0 Å². The highest BCUT2D eigenvalue weighted by Gasteiger charge is 2.35. The zero-order chi connectivity index (χ0) is 30.0. The second-order valence-electron chi connectivity index (χ2n) is 9.37. The fourth-order valence-electron chi connectivity index (χ4n) is 3.32. The van der Waals surface area contributed by atoms with E-state index in [0.717, 1.165) is 132 Å². The van der Waals surface area contributed by atoms with Gasteiger partial charge in [0.2, 0.25) is 0 Å². The topological polar surface area (TPSA) is 140 Å². The van der Waals surface area contributed by atoms with Crippen molar-refractivity contribution in [3.05, 3.63) is 0 Å². The van der Waals surface area contributed by atoms with Crippen LogP contribution in [-0.4, -0.2) is 66.8 Å². The van der Waals surface area contributed by atoms with Crippen molar-refractivity contribution in [2.24, 2.45) is 0 Å². The van der Waals surface area contributed by atoms with Gasteiger partial charge in [-0.25, -0.2) is 14.4 Å². The molecule has 0 aliphatic heterocycles. The Morgan fingerprint density at radius 2 is 0.750 bits per heavy atom. The molecule has 0 saturated carbocycles. The summed E-state index contributed by atoms with van der Waals surface area (Å²) < 4.78 is 15.1. The van der Waals surface area contributed by atoms with Gasteiger partial charge in [-0.2, -0.15) is 0 Å². The summed E-state index contributed by atoms with van der Waals surface area (Å²) in [5.74, 6) is -1.79. The number of hydrogen-bond acceptors (Lipinski definition) is 12. The molecule has 3 unspecified atom stereocenters. The molecule has 0 bridgehead atoms. The summed E-state index contributed by atoms with van der Waals surface area (Å²) in [6.07, 6.45) is 15.3. The van der Waals surface area contributed by atoms with E-state index in [-0.39, 0.29) is 0 Å². The van der Waals surface area contributed by atoms with Crippen molar-refractivity contribution >= 4 is 61.8 Å². The molecule has 0 aromatic carbocycles. The van der Waals surface area contributed by atoms with Crippen LogP contribution >= 0.6 is 43.9 Å². The largest absolute Gasteiger partial charge is 0.537 e. The number of thioether (sulfide) groups is 3. The van der Waals surface area contributed by atoms with Crippen LogP contribution in [0.2, 0.25) is 0 Å². The lowest BCUT2D eigenvalue weighted by atomic mass is 10.2. The molecule has 0 amide bonds. The monoisotopic (exact) mass is 646 g/mol. The zero-order valence-electron chi connectivity index (χ0n) is 24.4. The van der Waals surface area contributed by atoms with Crippen LogP contribution in [0, 0.1) is 0 Å². The molecule has 0 radical (unpaired) electrons. The summed E-state index contributed by atoms with van der Waals surface area (Å²) in [4.78, 5) is 37.3. The van der Waals surface area contributed by atoms with E-state index in [1.807, 2.05) is 0 Å². The first-order chi connectivity index (χ1) is 19.3. The van der Waals surface area contributed by atoms with Gasteiger partial charge in [0, 0.05) is 0 Å². The van der Waals surface area contributed by atoms with Crippen molar-refractivity contribution in [2.45, 2.75) is 133 Å². The molecule has 0 aliphatic rings. The van der Waals surface area contributed by atoms with Crippen LogP contribution in [0.5, 0.6) is 0 Å². The van der Waals surface area contributed by atoms with E-state index in [2.05, 4.69) is 20.8 Å². The van der Waals surface area contributed by atoms with Gasteiger partial charge in [0.25, 0.3) is 0 Å². The van der Waals surface area contributed by atoms with Gasteiger partial charge in [-0.3, -0.25) is 0 Å². The molecule has 13 heteroatoms. The molecule has 0 spiro atoms. The van der Waals surface area contributed by atoms with Gasteiger partial charge in [0.05, 0.1) is 0 Å². The fraction of sp³-hybridized carbons (Fsp3) is 0.889. The number of hydrogen-bond donors (Lipinski definition) is 3. The lowest BCUT2D eigenvalue weighted by Gasteiger charge is -2.19. The summed E-state index contributed by atoms with van der Waals surface area (Å²) in [6, 6.07) is 0. The Morgan fingerprint density at radius 3 is 1.00 bits per heavy atom. The molecule has 9 nitrogen and oxygen atoms in total. The van der Waals surface area contributed by atoms with Gasteiger partial charge >= 0.3 is 26.5 Å². The summed E-state index contributed by atoms with van der Waals surface area (Å²) in [5, 5.41) is 30.5. The molecule has 0 saturated heterocycles. The lowest BCUT2D eigenvalue weighted by Crippen LogP contribution is -2.25. The average Bonchev–Trinajstić information content (AvgIpc) is 2.93. The summed E-state index contributed by atoms with van der Waals surface area (Å²) >= 11 is 2.93. The van der Waals surface area contributed by atoms with E-state index in [4.69, 9.17) is 13.6 Å². The molecule has 236 valence electrons. The molecule has 3 atom stereocenters. The van der Waals surface area contributed by atoms with E-state index >= 15 is 0 Å². The SMILES string of the molecule is CCCCCCCSC(O)C(=O)OP(OC(=O)C(O)SCCCCCCC)OC(=O)C(O)SCCCCCCC. The maximum atomic E-state index is 12.4. The minimum atomic E-state index is -2.92. The summed E-state index contributed by atoms with van der Waals surface area (Å²) in [6.45, 7) is 6.35. The molecule has 0 aromatic heterocycles. The minimum Gasteiger partial charge on any atom is -0.372 e. The van der Waals surface area contributed by atoms with Crippen LogP contribution in [0.4, 0.5) is 0 Å². The maximum Gasteiger partial charge on any atom is 0.537 e. The third kappa shape index (κ3) is 22.4. The molecular weight excluding hydrogens is 595 g/mol. The number of aliphatic hydroxyl groups excluding tert-OH is 3. The van der Waals surface area contributed by atoms with Gasteiger partial charge in [-0.1, -0.05) is 97.8 Å². The smallest absolute Gasteiger partial charge is 0.372 e. The second-order valence-corrected chi connectivity index (χ2v) is 13.9. The molecular formula is C27H51O9PS3. The normalized spacial score (nSPS) is 14.2. The van der Waals surface area contributed by atoms with E-state index in [0.29, 0.717) is 17.3 Å². The van der Waals surface area contributed by atoms with Crippen molar-refractivity contribution in [1.29, 1.82) is 0 Å². The van der Waals surface area contributed by atoms with Crippen molar-refractivity contribution in [3.63, 3.8) is 0 Å². The van der Waals surface area contributed by atoms with Gasteiger partial charge < -0.3 is 28.9 Å². The number of aliphatic hydroxyl groups is 3. The second kappa shape index (κ2) is 27.6. The van der Waals surface area contributed by atoms with Crippen LogP contribution in [0.25, 0.3) is 0 Å². The van der Waals surface area contributed by atoms with Gasteiger partial charge in [-0.05, 0) is 36.5 Å². The van der Waals surface area contributed by atoms with E-state index < -0.39 is 42.8 Å².